The van der Waals surface area contributed by atoms with E-state index < -0.39 is 0 Å². The number of aromatic nitrogens is 2. The van der Waals surface area contributed by atoms with Crippen molar-refractivity contribution in [2.75, 3.05) is 37.0 Å². The summed E-state index contributed by atoms with van der Waals surface area (Å²) in [4.78, 5) is 6.70. The highest BCUT2D eigenvalue weighted by Crippen LogP contribution is 2.26. The monoisotopic (exact) mass is 256 g/mol. The molecule has 0 amide bonds. The maximum Gasteiger partial charge on any atom is 0.321 e. The van der Waals surface area contributed by atoms with Crippen molar-refractivity contribution in [3.8, 4) is 0 Å². The van der Waals surface area contributed by atoms with E-state index in [9.17, 15) is 0 Å². The number of rotatable bonds is 4. The van der Waals surface area contributed by atoms with E-state index in [2.05, 4.69) is 41.3 Å². The maximum absolute atomic E-state index is 5.21. The van der Waals surface area contributed by atoms with Gasteiger partial charge in [0.2, 0.25) is 0 Å². The molecule has 1 aliphatic rings. The summed E-state index contributed by atoms with van der Waals surface area (Å²) in [5.41, 5.74) is 0. The molecule has 0 aliphatic carbocycles. The smallest absolute Gasteiger partial charge is 0.321 e. The summed E-state index contributed by atoms with van der Waals surface area (Å²) in [5.74, 6) is 3.59. The molecule has 0 saturated carbocycles. The Kier molecular flexibility index (Phi) is 4.28. The molecule has 1 aliphatic heterocycles. The minimum absolute atomic E-state index is 0.284. The first-order valence-electron chi connectivity index (χ1n) is 6.02. The highest BCUT2D eigenvalue weighted by Gasteiger charge is 2.25. The van der Waals surface area contributed by atoms with E-state index in [0.717, 1.165) is 24.7 Å². The zero-order valence-corrected chi connectivity index (χ0v) is 11.5. The predicted molar refractivity (Wildman–Crippen MR) is 70.3 cm³/mol. The molecule has 0 radical (unpaired) electrons. The van der Waals surface area contributed by atoms with Crippen molar-refractivity contribution in [1.82, 2.24) is 15.0 Å². The van der Waals surface area contributed by atoms with Crippen LogP contribution in [-0.4, -0.2) is 46.7 Å². The summed E-state index contributed by atoms with van der Waals surface area (Å²) in [5, 5.41) is 7.22. The van der Waals surface area contributed by atoms with Crippen LogP contribution in [0.3, 0.4) is 0 Å². The molecule has 1 fully saturated rings. The van der Waals surface area contributed by atoms with Crippen molar-refractivity contribution in [2.45, 2.75) is 19.9 Å². The SMILES string of the molecule is CC(C)CNc1nc(C2CSCCN2C)no1. The van der Waals surface area contributed by atoms with Gasteiger partial charge in [-0.1, -0.05) is 19.0 Å². The molecule has 0 bridgehead atoms. The third kappa shape index (κ3) is 3.35. The van der Waals surface area contributed by atoms with Gasteiger partial charge in [-0.15, -0.1) is 0 Å². The van der Waals surface area contributed by atoms with Crippen molar-refractivity contribution in [1.29, 1.82) is 0 Å². The average molecular weight is 256 g/mol. The number of anilines is 1. The topological polar surface area (TPSA) is 54.2 Å². The van der Waals surface area contributed by atoms with E-state index in [0.29, 0.717) is 11.9 Å². The summed E-state index contributed by atoms with van der Waals surface area (Å²) in [6.45, 7) is 6.24. The summed E-state index contributed by atoms with van der Waals surface area (Å²) in [6.07, 6.45) is 0. The molecule has 96 valence electrons. The van der Waals surface area contributed by atoms with Crippen LogP contribution in [0.4, 0.5) is 6.01 Å². The fourth-order valence-corrected chi connectivity index (χ4v) is 2.90. The molecule has 1 aromatic rings. The summed E-state index contributed by atoms with van der Waals surface area (Å²) in [6, 6.07) is 0.824. The van der Waals surface area contributed by atoms with E-state index >= 15 is 0 Å². The van der Waals surface area contributed by atoms with Gasteiger partial charge in [-0.05, 0) is 13.0 Å². The van der Waals surface area contributed by atoms with E-state index in [1.54, 1.807) is 0 Å². The number of thioether (sulfide) groups is 1. The molecule has 1 N–H and O–H groups in total. The van der Waals surface area contributed by atoms with Crippen LogP contribution in [0.25, 0.3) is 0 Å². The molecule has 6 heteroatoms. The van der Waals surface area contributed by atoms with Crippen LogP contribution >= 0.6 is 11.8 Å². The molecule has 1 unspecified atom stereocenters. The van der Waals surface area contributed by atoms with E-state index in [1.807, 2.05) is 11.8 Å². The lowest BCUT2D eigenvalue weighted by molar-refractivity contribution is 0.257. The van der Waals surface area contributed by atoms with Gasteiger partial charge < -0.3 is 9.84 Å². The van der Waals surface area contributed by atoms with Crippen LogP contribution in [0.2, 0.25) is 0 Å². The normalized spacial score (nSPS) is 22.0. The van der Waals surface area contributed by atoms with Gasteiger partial charge in [0.15, 0.2) is 5.82 Å². The molecule has 0 spiro atoms. The number of nitrogens with one attached hydrogen (secondary N) is 1. The van der Waals surface area contributed by atoms with E-state index in [4.69, 9.17) is 4.52 Å². The summed E-state index contributed by atoms with van der Waals surface area (Å²) < 4.78 is 5.21. The highest BCUT2D eigenvalue weighted by molar-refractivity contribution is 7.99. The largest absolute Gasteiger partial charge is 0.337 e. The van der Waals surface area contributed by atoms with Crippen LogP contribution in [0, 0.1) is 5.92 Å². The first-order valence-corrected chi connectivity index (χ1v) is 7.17. The average Bonchev–Trinajstić information content (AvgIpc) is 2.75. The molecule has 17 heavy (non-hydrogen) atoms. The molecular weight excluding hydrogens is 236 g/mol. The molecule has 5 nitrogen and oxygen atoms in total. The lowest BCUT2D eigenvalue weighted by Gasteiger charge is -2.29. The Bertz CT molecular complexity index is 355. The zero-order valence-electron chi connectivity index (χ0n) is 10.6. The summed E-state index contributed by atoms with van der Waals surface area (Å²) in [7, 11) is 2.11. The van der Waals surface area contributed by atoms with Gasteiger partial charge in [-0.2, -0.15) is 16.7 Å². The van der Waals surface area contributed by atoms with Crippen LogP contribution in [0.15, 0.2) is 4.52 Å². The molecule has 0 aromatic carbocycles. The van der Waals surface area contributed by atoms with Gasteiger partial charge in [-0.25, -0.2) is 0 Å². The van der Waals surface area contributed by atoms with Gasteiger partial charge >= 0.3 is 6.01 Å². The van der Waals surface area contributed by atoms with E-state index in [-0.39, 0.29) is 6.04 Å². The van der Waals surface area contributed by atoms with Crippen LogP contribution in [0.5, 0.6) is 0 Å². The first-order chi connectivity index (χ1) is 8.16. The second-order valence-electron chi connectivity index (χ2n) is 4.80. The number of nitrogens with zero attached hydrogens (tertiary/aromatic N) is 3. The fourth-order valence-electron chi connectivity index (χ4n) is 1.69. The molecule has 1 aromatic heterocycles. The third-order valence-electron chi connectivity index (χ3n) is 2.80. The maximum atomic E-state index is 5.21. The molecular formula is C11H20N4OS. The Morgan fingerprint density at radius 2 is 2.41 bits per heavy atom. The van der Waals surface area contributed by atoms with Gasteiger partial charge in [-0.3, -0.25) is 4.90 Å². The van der Waals surface area contributed by atoms with Crippen molar-refractivity contribution >= 4 is 17.8 Å². The van der Waals surface area contributed by atoms with Crippen LogP contribution in [-0.2, 0) is 0 Å². The minimum atomic E-state index is 0.284. The first kappa shape index (κ1) is 12.7. The predicted octanol–water partition coefficient (Wildman–Crippen LogP) is 1.86. The van der Waals surface area contributed by atoms with Gasteiger partial charge in [0, 0.05) is 24.6 Å². The van der Waals surface area contributed by atoms with Crippen molar-refractivity contribution in [3.05, 3.63) is 5.82 Å². The standard InChI is InChI=1S/C11H20N4OS/c1-8(2)6-12-11-13-10(14-16-11)9-7-17-5-4-15(9)3/h8-9H,4-7H2,1-3H3,(H,12,13,14). The van der Waals surface area contributed by atoms with Gasteiger partial charge in [0.05, 0.1) is 6.04 Å². The molecule has 1 atom stereocenters. The Labute approximate surface area is 106 Å². The van der Waals surface area contributed by atoms with Crippen molar-refractivity contribution in [3.63, 3.8) is 0 Å². The zero-order chi connectivity index (χ0) is 12.3. The lowest BCUT2D eigenvalue weighted by atomic mass is 10.2. The van der Waals surface area contributed by atoms with Crippen molar-refractivity contribution in [2.24, 2.45) is 5.92 Å². The van der Waals surface area contributed by atoms with E-state index in [1.165, 1.54) is 5.75 Å². The Morgan fingerprint density at radius 1 is 1.59 bits per heavy atom. The van der Waals surface area contributed by atoms with Gasteiger partial charge in [0.25, 0.3) is 0 Å². The minimum Gasteiger partial charge on any atom is -0.337 e. The summed E-state index contributed by atoms with van der Waals surface area (Å²) >= 11 is 1.95. The van der Waals surface area contributed by atoms with Crippen LogP contribution in [0.1, 0.15) is 25.7 Å². The number of hydrogen-bond acceptors (Lipinski definition) is 6. The molecule has 2 rings (SSSR count). The van der Waals surface area contributed by atoms with Gasteiger partial charge in [0.1, 0.15) is 0 Å². The quantitative estimate of drug-likeness (QED) is 0.887. The van der Waals surface area contributed by atoms with Crippen LogP contribution < -0.4 is 5.32 Å². The molecule has 2 heterocycles. The second-order valence-corrected chi connectivity index (χ2v) is 5.95. The molecule has 1 saturated heterocycles. The van der Waals surface area contributed by atoms with Crippen molar-refractivity contribution < 1.29 is 4.52 Å². The number of hydrogen-bond donors (Lipinski definition) is 1. The third-order valence-corrected chi connectivity index (χ3v) is 3.82. The Hall–Kier alpha value is -0.750. The fraction of sp³-hybridized carbons (Fsp3) is 0.818. The Morgan fingerprint density at radius 3 is 3.12 bits per heavy atom. The lowest BCUT2D eigenvalue weighted by Crippen LogP contribution is -2.33. The second kappa shape index (κ2) is 5.73. The Balaban J connectivity index is 1.97. The highest BCUT2D eigenvalue weighted by atomic mass is 32.2.